The van der Waals surface area contributed by atoms with Crippen LogP contribution in [0.15, 0.2) is 11.1 Å². The van der Waals surface area contributed by atoms with E-state index in [0.717, 1.165) is 37.4 Å². The number of nitrogens with zero attached hydrogens (tertiary/aromatic N) is 4. The Kier molecular flexibility index (Phi) is 5.21. The van der Waals surface area contributed by atoms with Crippen molar-refractivity contribution in [2.24, 2.45) is 0 Å². The van der Waals surface area contributed by atoms with Gasteiger partial charge in [-0.2, -0.15) is 5.26 Å². The molecule has 2 rings (SSSR count). The number of rotatable bonds is 3. The van der Waals surface area contributed by atoms with E-state index in [9.17, 15) is 10.1 Å². The maximum atomic E-state index is 12.2. The number of pyridine rings is 1. The van der Waals surface area contributed by atoms with Gasteiger partial charge in [0.1, 0.15) is 11.1 Å². The Morgan fingerprint density at radius 1 is 1.38 bits per heavy atom. The highest BCUT2D eigenvalue weighted by Crippen LogP contribution is 2.24. The van der Waals surface area contributed by atoms with Crippen molar-refractivity contribution in [3.05, 3.63) is 22.9 Å². The maximum absolute atomic E-state index is 12.2. The first-order chi connectivity index (χ1) is 10.0. The lowest BCUT2D eigenvalue weighted by molar-refractivity contribution is -0.129. The number of thioether (sulfide) groups is 1. The van der Waals surface area contributed by atoms with Crippen molar-refractivity contribution in [2.45, 2.75) is 18.9 Å². The molecule has 1 aromatic heterocycles. The predicted molar refractivity (Wildman–Crippen MR) is 83.2 cm³/mol. The Balaban J connectivity index is 2.00. The molecule has 0 bridgehead atoms. The van der Waals surface area contributed by atoms with E-state index in [0.29, 0.717) is 16.3 Å². The molecule has 1 aromatic rings. The van der Waals surface area contributed by atoms with Crippen LogP contribution in [0.25, 0.3) is 0 Å². The molecule has 0 unspecified atom stereocenters. The van der Waals surface area contributed by atoms with Crippen LogP contribution in [0.2, 0.25) is 0 Å². The topological polar surface area (TPSA) is 60.2 Å². The number of amides is 1. The summed E-state index contributed by atoms with van der Waals surface area (Å²) in [6.07, 6.45) is 0. The zero-order chi connectivity index (χ0) is 15.4. The number of hydrogen-bond donors (Lipinski definition) is 0. The molecule has 0 aliphatic carbocycles. The first-order valence-corrected chi connectivity index (χ1v) is 7.97. The minimum atomic E-state index is 0.123. The number of aromatic nitrogens is 1. The molecule has 0 aromatic carbocycles. The number of nitriles is 1. The Morgan fingerprint density at radius 3 is 2.67 bits per heavy atom. The molecule has 6 heteroatoms. The van der Waals surface area contributed by atoms with Crippen LogP contribution in [-0.2, 0) is 4.79 Å². The van der Waals surface area contributed by atoms with Gasteiger partial charge in [0.25, 0.3) is 0 Å². The van der Waals surface area contributed by atoms with Gasteiger partial charge in [0, 0.05) is 31.9 Å². The van der Waals surface area contributed by atoms with E-state index in [4.69, 9.17) is 0 Å². The normalized spacial score (nSPS) is 15.8. The van der Waals surface area contributed by atoms with Crippen LogP contribution < -0.4 is 0 Å². The van der Waals surface area contributed by atoms with Gasteiger partial charge in [0.15, 0.2) is 0 Å². The van der Waals surface area contributed by atoms with Crippen molar-refractivity contribution in [3.8, 4) is 6.07 Å². The second kappa shape index (κ2) is 6.92. The molecular formula is C15H20N4OS. The summed E-state index contributed by atoms with van der Waals surface area (Å²) < 4.78 is 0. The molecule has 112 valence electrons. The van der Waals surface area contributed by atoms with Crippen molar-refractivity contribution in [2.75, 3.05) is 39.0 Å². The summed E-state index contributed by atoms with van der Waals surface area (Å²) in [7, 11) is 2.06. The molecule has 2 heterocycles. The molecule has 5 nitrogen and oxygen atoms in total. The highest BCUT2D eigenvalue weighted by molar-refractivity contribution is 8.00. The van der Waals surface area contributed by atoms with E-state index in [1.54, 1.807) is 0 Å². The largest absolute Gasteiger partial charge is 0.339 e. The summed E-state index contributed by atoms with van der Waals surface area (Å²) >= 11 is 1.36. The smallest absolute Gasteiger partial charge is 0.233 e. The molecule has 0 radical (unpaired) electrons. The van der Waals surface area contributed by atoms with E-state index >= 15 is 0 Å². The number of carbonyl (C=O) groups excluding carboxylic acids is 1. The van der Waals surface area contributed by atoms with Crippen LogP contribution in [-0.4, -0.2) is 59.7 Å². The van der Waals surface area contributed by atoms with Crippen LogP contribution in [0.4, 0.5) is 0 Å². The lowest BCUT2D eigenvalue weighted by Gasteiger charge is -2.32. The molecule has 1 aliphatic heterocycles. The second-order valence-electron chi connectivity index (χ2n) is 5.35. The van der Waals surface area contributed by atoms with E-state index in [-0.39, 0.29) is 5.91 Å². The molecular weight excluding hydrogens is 284 g/mol. The highest BCUT2D eigenvalue weighted by Gasteiger charge is 2.20. The van der Waals surface area contributed by atoms with Crippen molar-refractivity contribution < 1.29 is 4.79 Å². The van der Waals surface area contributed by atoms with E-state index in [2.05, 4.69) is 23.0 Å². The lowest BCUT2D eigenvalue weighted by Crippen LogP contribution is -2.47. The Labute approximate surface area is 129 Å². The Morgan fingerprint density at radius 2 is 2.05 bits per heavy atom. The van der Waals surface area contributed by atoms with Gasteiger partial charge in [-0.1, -0.05) is 11.8 Å². The van der Waals surface area contributed by atoms with Gasteiger partial charge in [-0.15, -0.1) is 0 Å². The summed E-state index contributed by atoms with van der Waals surface area (Å²) in [5, 5.41) is 9.89. The lowest BCUT2D eigenvalue weighted by atomic mass is 10.1. The summed E-state index contributed by atoms with van der Waals surface area (Å²) in [6.45, 7) is 7.20. The molecule has 1 fully saturated rings. The van der Waals surface area contributed by atoms with Gasteiger partial charge in [-0.25, -0.2) is 4.98 Å². The van der Waals surface area contributed by atoms with Crippen LogP contribution in [0.1, 0.15) is 16.8 Å². The number of likely N-dealkylation sites (N-methyl/N-ethyl adjacent to an activating group) is 1. The minimum absolute atomic E-state index is 0.123. The first-order valence-electron chi connectivity index (χ1n) is 6.98. The van der Waals surface area contributed by atoms with Gasteiger partial charge < -0.3 is 9.80 Å². The highest BCUT2D eigenvalue weighted by atomic mass is 32.2. The molecule has 21 heavy (non-hydrogen) atoms. The predicted octanol–water partition coefficient (Wildman–Crippen LogP) is 1.44. The average Bonchev–Trinajstić information content (AvgIpc) is 2.45. The molecule has 0 atom stereocenters. The SMILES string of the molecule is Cc1cc(C)c(C#N)c(SCC(=O)N2CCN(C)CC2)n1. The minimum Gasteiger partial charge on any atom is -0.339 e. The third kappa shape index (κ3) is 3.96. The van der Waals surface area contributed by atoms with Crippen LogP contribution in [0.3, 0.4) is 0 Å². The van der Waals surface area contributed by atoms with Crippen molar-refractivity contribution in [3.63, 3.8) is 0 Å². The second-order valence-corrected chi connectivity index (χ2v) is 6.31. The molecule has 0 saturated carbocycles. The molecule has 1 saturated heterocycles. The van der Waals surface area contributed by atoms with Crippen molar-refractivity contribution in [1.82, 2.24) is 14.8 Å². The number of aryl methyl sites for hydroxylation is 2. The third-order valence-electron chi connectivity index (χ3n) is 3.61. The monoisotopic (exact) mass is 304 g/mol. The average molecular weight is 304 g/mol. The molecule has 1 amide bonds. The number of carbonyl (C=O) groups is 1. The van der Waals surface area contributed by atoms with Crippen LogP contribution in [0.5, 0.6) is 0 Å². The van der Waals surface area contributed by atoms with Crippen molar-refractivity contribution >= 4 is 17.7 Å². The van der Waals surface area contributed by atoms with Gasteiger partial charge in [0.2, 0.25) is 5.91 Å². The fourth-order valence-corrected chi connectivity index (χ4v) is 3.32. The summed E-state index contributed by atoms with van der Waals surface area (Å²) in [6, 6.07) is 4.08. The number of hydrogen-bond acceptors (Lipinski definition) is 5. The van der Waals surface area contributed by atoms with Crippen LogP contribution in [0, 0.1) is 25.2 Å². The van der Waals surface area contributed by atoms with Crippen molar-refractivity contribution in [1.29, 1.82) is 5.26 Å². The Bertz CT molecular complexity index is 574. The summed E-state index contributed by atoms with van der Waals surface area (Å²) in [5.41, 5.74) is 2.37. The quantitative estimate of drug-likeness (QED) is 0.791. The zero-order valence-electron chi connectivity index (χ0n) is 12.7. The standard InChI is InChI=1S/C15H20N4OS/c1-11-8-12(2)17-15(13(11)9-16)21-10-14(20)19-6-4-18(3)5-7-19/h8H,4-7,10H2,1-3H3. The Hall–Kier alpha value is -1.58. The van der Waals surface area contributed by atoms with Gasteiger partial charge in [-0.05, 0) is 32.5 Å². The zero-order valence-corrected chi connectivity index (χ0v) is 13.5. The molecule has 0 spiro atoms. The summed E-state index contributed by atoms with van der Waals surface area (Å²) in [5.74, 6) is 0.465. The molecule has 1 aliphatic rings. The fourth-order valence-electron chi connectivity index (χ4n) is 2.32. The molecule has 0 N–H and O–H groups in total. The van der Waals surface area contributed by atoms with E-state index < -0.39 is 0 Å². The van der Waals surface area contributed by atoms with E-state index in [1.165, 1.54) is 11.8 Å². The van der Waals surface area contributed by atoms with Crippen LogP contribution >= 0.6 is 11.8 Å². The van der Waals surface area contributed by atoms with E-state index in [1.807, 2.05) is 24.8 Å². The maximum Gasteiger partial charge on any atom is 0.233 e. The number of piperazine rings is 1. The van der Waals surface area contributed by atoms with Gasteiger partial charge >= 0.3 is 0 Å². The fraction of sp³-hybridized carbons (Fsp3) is 0.533. The third-order valence-corrected chi connectivity index (χ3v) is 4.57. The summed E-state index contributed by atoms with van der Waals surface area (Å²) in [4.78, 5) is 20.7. The van der Waals surface area contributed by atoms with Gasteiger partial charge in [0.05, 0.1) is 11.3 Å². The first kappa shape index (κ1) is 15.8. The van der Waals surface area contributed by atoms with Gasteiger partial charge in [-0.3, -0.25) is 4.79 Å².